The first kappa shape index (κ1) is 15.4. The van der Waals surface area contributed by atoms with Crippen molar-refractivity contribution in [3.8, 4) is 0 Å². The van der Waals surface area contributed by atoms with Crippen molar-refractivity contribution in [3.05, 3.63) is 28.2 Å². The van der Waals surface area contributed by atoms with Gasteiger partial charge in [0.15, 0.2) is 0 Å². The van der Waals surface area contributed by atoms with E-state index in [4.69, 9.17) is 5.73 Å². The first-order valence-electron chi connectivity index (χ1n) is 9.39. The van der Waals surface area contributed by atoms with Gasteiger partial charge in [0.2, 0.25) is 0 Å². The SMILES string of the molecule is CCC12CC(n3cc(C(N)=O)c(NC4[C@H]5CN(C)C[C@@H]45)cc3=O)(C1)C2. The summed E-state index contributed by atoms with van der Waals surface area (Å²) >= 11 is 0. The summed E-state index contributed by atoms with van der Waals surface area (Å²) in [7, 11) is 2.13. The summed E-state index contributed by atoms with van der Waals surface area (Å²) in [6.07, 6.45) is 6.06. The zero-order valence-corrected chi connectivity index (χ0v) is 14.9. The van der Waals surface area contributed by atoms with Crippen LogP contribution in [-0.2, 0) is 5.54 Å². The summed E-state index contributed by atoms with van der Waals surface area (Å²) in [4.78, 5) is 27.1. The number of carbonyl (C=O) groups is 1. The zero-order chi connectivity index (χ0) is 17.6. The van der Waals surface area contributed by atoms with Gasteiger partial charge >= 0.3 is 0 Å². The van der Waals surface area contributed by atoms with Crippen molar-refractivity contribution in [2.75, 3.05) is 25.5 Å². The average Bonchev–Trinajstić information content (AvgIpc) is 2.92. The highest BCUT2D eigenvalue weighted by molar-refractivity contribution is 5.98. The van der Waals surface area contributed by atoms with Gasteiger partial charge < -0.3 is 20.5 Å². The molecular weight excluding hydrogens is 316 g/mol. The van der Waals surface area contributed by atoms with Gasteiger partial charge in [-0.15, -0.1) is 0 Å². The van der Waals surface area contributed by atoms with E-state index in [1.54, 1.807) is 16.8 Å². The highest BCUT2D eigenvalue weighted by atomic mass is 16.1. The Morgan fingerprint density at radius 2 is 1.96 bits per heavy atom. The van der Waals surface area contributed by atoms with Crippen molar-refractivity contribution in [2.45, 2.75) is 44.2 Å². The molecular formula is C19H26N4O2. The van der Waals surface area contributed by atoms with Gasteiger partial charge in [-0.1, -0.05) is 13.3 Å². The van der Waals surface area contributed by atoms with Crippen molar-refractivity contribution in [1.29, 1.82) is 0 Å². The van der Waals surface area contributed by atoms with Gasteiger partial charge in [0, 0.05) is 36.9 Å². The van der Waals surface area contributed by atoms with E-state index in [1.807, 2.05) is 0 Å². The van der Waals surface area contributed by atoms with E-state index >= 15 is 0 Å². The summed E-state index contributed by atoms with van der Waals surface area (Å²) in [5, 5.41) is 3.43. The monoisotopic (exact) mass is 342 g/mol. The maximum atomic E-state index is 12.7. The fourth-order valence-electron chi connectivity index (χ4n) is 5.92. The van der Waals surface area contributed by atoms with E-state index in [2.05, 4.69) is 24.2 Å². The van der Waals surface area contributed by atoms with Crippen molar-refractivity contribution >= 4 is 11.6 Å². The van der Waals surface area contributed by atoms with Crippen LogP contribution in [0.15, 0.2) is 17.1 Å². The number of fused-ring (bicyclic) bond motifs is 1. The van der Waals surface area contributed by atoms with E-state index in [0.29, 0.717) is 34.5 Å². The number of nitrogens with one attached hydrogen (secondary N) is 1. The fourth-order valence-corrected chi connectivity index (χ4v) is 5.92. The number of nitrogens with zero attached hydrogens (tertiary/aromatic N) is 2. The Morgan fingerprint density at radius 3 is 2.52 bits per heavy atom. The van der Waals surface area contributed by atoms with Crippen LogP contribution in [0.5, 0.6) is 0 Å². The number of aromatic nitrogens is 1. The minimum absolute atomic E-state index is 0.0140. The predicted octanol–water partition coefficient (Wildman–Crippen LogP) is 1.21. The topological polar surface area (TPSA) is 80.4 Å². The van der Waals surface area contributed by atoms with E-state index in [1.165, 1.54) is 6.42 Å². The smallest absolute Gasteiger partial charge is 0.253 e. The van der Waals surface area contributed by atoms with Gasteiger partial charge in [-0.2, -0.15) is 0 Å². The number of carbonyl (C=O) groups excluding carboxylic acids is 1. The molecule has 5 fully saturated rings. The lowest BCUT2D eigenvalue weighted by Gasteiger charge is -2.71. The van der Waals surface area contributed by atoms with Gasteiger partial charge in [-0.25, -0.2) is 0 Å². The maximum absolute atomic E-state index is 12.7. The number of nitrogens with two attached hydrogens (primary N) is 1. The molecule has 4 saturated carbocycles. The molecule has 6 rings (SSSR count). The first-order valence-corrected chi connectivity index (χ1v) is 9.39. The van der Waals surface area contributed by atoms with Crippen LogP contribution in [0.25, 0.3) is 0 Å². The molecule has 6 heteroatoms. The summed E-state index contributed by atoms with van der Waals surface area (Å²) in [6, 6.07) is 1.96. The summed E-state index contributed by atoms with van der Waals surface area (Å²) in [6.45, 7) is 4.37. The normalized spacial score (nSPS) is 40.8. The van der Waals surface area contributed by atoms with Gasteiger partial charge in [0.05, 0.1) is 11.3 Å². The molecule has 1 aliphatic heterocycles. The third-order valence-electron chi connectivity index (χ3n) is 7.39. The van der Waals surface area contributed by atoms with Crippen LogP contribution in [0, 0.1) is 17.3 Å². The molecule has 1 aromatic heterocycles. The number of piperidine rings is 1. The lowest BCUT2D eigenvalue weighted by molar-refractivity contribution is -0.190. The van der Waals surface area contributed by atoms with Gasteiger partial charge in [0.1, 0.15) is 0 Å². The second-order valence-electron chi connectivity index (χ2n) is 9.00. The maximum Gasteiger partial charge on any atom is 0.253 e. The second-order valence-corrected chi connectivity index (χ2v) is 9.00. The number of hydrogen-bond donors (Lipinski definition) is 2. The van der Waals surface area contributed by atoms with Crippen LogP contribution < -0.4 is 16.6 Å². The molecule has 3 N–H and O–H groups in total. The number of hydrogen-bond acceptors (Lipinski definition) is 4. The molecule has 1 unspecified atom stereocenters. The molecule has 1 amide bonds. The minimum Gasteiger partial charge on any atom is -0.381 e. The lowest BCUT2D eigenvalue weighted by atomic mass is 9.38. The van der Waals surface area contributed by atoms with Crippen molar-refractivity contribution in [2.24, 2.45) is 23.0 Å². The number of likely N-dealkylation sites (tertiary alicyclic amines) is 1. The van der Waals surface area contributed by atoms with Crippen LogP contribution in [0.3, 0.4) is 0 Å². The van der Waals surface area contributed by atoms with Gasteiger partial charge in [0.25, 0.3) is 11.5 Å². The Labute approximate surface area is 147 Å². The summed E-state index contributed by atoms with van der Waals surface area (Å²) in [5.74, 6) is 0.779. The van der Waals surface area contributed by atoms with E-state index in [-0.39, 0.29) is 11.1 Å². The number of pyridine rings is 1. The predicted molar refractivity (Wildman–Crippen MR) is 95.7 cm³/mol. The van der Waals surface area contributed by atoms with E-state index in [9.17, 15) is 9.59 Å². The largest absolute Gasteiger partial charge is 0.381 e. The molecule has 3 atom stereocenters. The Hall–Kier alpha value is -1.82. The third-order valence-corrected chi connectivity index (χ3v) is 7.39. The molecule has 2 heterocycles. The van der Waals surface area contributed by atoms with Crippen molar-refractivity contribution in [3.63, 3.8) is 0 Å². The van der Waals surface area contributed by atoms with Crippen LogP contribution in [-0.4, -0.2) is 41.6 Å². The third kappa shape index (κ3) is 2.00. The molecule has 0 radical (unpaired) electrons. The Balaban J connectivity index is 1.42. The molecule has 5 aliphatic rings. The fraction of sp³-hybridized carbons (Fsp3) is 0.684. The van der Waals surface area contributed by atoms with Crippen LogP contribution in [0.2, 0.25) is 0 Å². The molecule has 134 valence electrons. The Morgan fingerprint density at radius 1 is 1.32 bits per heavy atom. The second kappa shape index (κ2) is 4.67. The zero-order valence-electron chi connectivity index (χ0n) is 14.9. The highest BCUT2D eigenvalue weighted by Crippen LogP contribution is 2.72. The number of rotatable bonds is 5. The molecule has 4 aliphatic carbocycles. The van der Waals surface area contributed by atoms with Crippen molar-refractivity contribution < 1.29 is 4.79 Å². The van der Waals surface area contributed by atoms with E-state index < -0.39 is 5.91 Å². The molecule has 1 aromatic rings. The highest BCUT2D eigenvalue weighted by Gasteiger charge is 2.68. The van der Waals surface area contributed by atoms with Gasteiger partial charge in [-0.05, 0) is 43.6 Å². The van der Waals surface area contributed by atoms with Gasteiger partial charge in [-0.3, -0.25) is 9.59 Å². The molecule has 6 nitrogen and oxygen atoms in total. The average molecular weight is 342 g/mol. The van der Waals surface area contributed by atoms with Crippen LogP contribution >= 0.6 is 0 Å². The molecule has 0 aromatic carbocycles. The Bertz CT molecular complexity index is 797. The minimum atomic E-state index is -0.462. The van der Waals surface area contributed by atoms with E-state index in [0.717, 1.165) is 32.4 Å². The molecule has 2 bridgehead atoms. The lowest BCUT2D eigenvalue weighted by Crippen LogP contribution is -2.69. The van der Waals surface area contributed by atoms with Crippen LogP contribution in [0.4, 0.5) is 5.69 Å². The number of primary amides is 1. The standard InChI is InChI=1S/C19H26N4O2/c1-3-18-8-19(9-18,10-18)23-7-13(17(20)25)14(4-15(23)24)21-16-11-5-22(2)6-12(11)16/h4,7,11-12,16,21H,3,5-6,8-10H2,1-2H3,(H2,20,25)/t11-,12+,16?,18?,19?. The number of anilines is 1. The number of amides is 1. The molecule has 0 spiro atoms. The quantitative estimate of drug-likeness (QED) is 0.843. The Kier molecular flexibility index (Phi) is 2.88. The first-order chi connectivity index (χ1) is 11.9. The molecule has 25 heavy (non-hydrogen) atoms. The van der Waals surface area contributed by atoms with Crippen LogP contribution in [0.1, 0.15) is 43.0 Å². The summed E-state index contributed by atoms with van der Waals surface area (Å²) in [5.41, 5.74) is 7.07. The van der Waals surface area contributed by atoms with Crippen molar-refractivity contribution in [1.82, 2.24) is 9.47 Å². The molecule has 1 saturated heterocycles. The summed E-state index contributed by atoms with van der Waals surface area (Å²) < 4.78 is 1.79.